The van der Waals surface area contributed by atoms with Gasteiger partial charge in [-0.25, -0.2) is 0 Å². The number of ketones is 1. The number of unbranched alkanes of at least 4 members (excludes halogenated alkanes) is 2. The monoisotopic (exact) mass is 254 g/mol. The lowest BCUT2D eigenvalue weighted by molar-refractivity contribution is -0.140. The Labute approximate surface area is 110 Å². The number of hydrogen-bond donors (Lipinski definition) is 0. The van der Waals surface area contributed by atoms with Gasteiger partial charge in [-0.05, 0) is 31.6 Å². The Morgan fingerprint density at radius 1 is 1.28 bits per heavy atom. The van der Waals surface area contributed by atoms with Crippen LogP contribution in [0.3, 0.4) is 0 Å². The van der Waals surface area contributed by atoms with Crippen molar-refractivity contribution in [1.82, 2.24) is 0 Å². The van der Waals surface area contributed by atoms with Crippen LogP contribution in [0.15, 0.2) is 0 Å². The van der Waals surface area contributed by atoms with Crippen LogP contribution in [-0.4, -0.2) is 18.9 Å². The maximum absolute atomic E-state index is 11.8. The number of esters is 1. The number of Topliss-reactive ketones (excluding diaryl/α,β-unsaturated/α-hetero) is 1. The van der Waals surface area contributed by atoms with Crippen molar-refractivity contribution in [3.05, 3.63) is 0 Å². The number of carbonyl (C=O) groups is 2. The summed E-state index contributed by atoms with van der Waals surface area (Å²) < 4.78 is 4.64. The van der Waals surface area contributed by atoms with Crippen LogP contribution in [0.25, 0.3) is 0 Å². The molecule has 0 heterocycles. The summed E-state index contributed by atoms with van der Waals surface area (Å²) in [5, 5.41) is 0. The van der Waals surface area contributed by atoms with Gasteiger partial charge < -0.3 is 4.74 Å². The molecule has 1 aliphatic rings. The van der Waals surface area contributed by atoms with Crippen molar-refractivity contribution in [3.63, 3.8) is 0 Å². The summed E-state index contributed by atoms with van der Waals surface area (Å²) in [6, 6.07) is 0. The van der Waals surface area contributed by atoms with Gasteiger partial charge in [-0.15, -0.1) is 0 Å². The predicted octanol–water partition coefficient (Wildman–Crippen LogP) is 3.51. The van der Waals surface area contributed by atoms with Crippen LogP contribution in [0.4, 0.5) is 0 Å². The van der Waals surface area contributed by atoms with Gasteiger partial charge in [-0.3, -0.25) is 9.59 Å². The molecular formula is C15H26O3. The van der Waals surface area contributed by atoms with Gasteiger partial charge in [0.05, 0.1) is 7.11 Å². The van der Waals surface area contributed by atoms with E-state index in [0.29, 0.717) is 18.1 Å². The zero-order chi connectivity index (χ0) is 13.4. The van der Waals surface area contributed by atoms with E-state index in [9.17, 15) is 9.59 Å². The van der Waals surface area contributed by atoms with E-state index in [1.165, 1.54) is 26.4 Å². The van der Waals surface area contributed by atoms with Gasteiger partial charge in [-0.2, -0.15) is 0 Å². The summed E-state index contributed by atoms with van der Waals surface area (Å²) in [6.45, 7) is 2.18. The summed E-state index contributed by atoms with van der Waals surface area (Å²) in [6.07, 6.45) is 8.76. The lowest BCUT2D eigenvalue weighted by Gasteiger charge is -2.17. The molecule has 3 nitrogen and oxygen atoms in total. The Morgan fingerprint density at radius 3 is 2.72 bits per heavy atom. The van der Waals surface area contributed by atoms with Crippen LogP contribution in [0.1, 0.15) is 64.7 Å². The molecule has 1 rings (SSSR count). The van der Waals surface area contributed by atoms with Crippen LogP contribution in [-0.2, 0) is 14.3 Å². The van der Waals surface area contributed by atoms with E-state index in [1.807, 2.05) is 0 Å². The maximum Gasteiger partial charge on any atom is 0.305 e. The highest BCUT2D eigenvalue weighted by molar-refractivity contribution is 5.83. The average molecular weight is 254 g/mol. The Hall–Kier alpha value is -0.860. The van der Waals surface area contributed by atoms with Gasteiger partial charge in [0, 0.05) is 18.8 Å². The first-order valence-corrected chi connectivity index (χ1v) is 7.28. The summed E-state index contributed by atoms with van der Waals surface area (Å²) in [4.78, 5) is 22.9. The smallest absolute Gasteiger partial charge is 0.305 e. The first kappa shape index (κ1) is 15.2. The van der Waals surface area contributed by atoms with Crippen molar-refractivity contribution in [3.8, 4) is 0 Å². The van der Waals surface area contributed by atoms with E-state index in [4.69, 9.17) is 0 Å². The molecule has 0 N–H and O–H groups in total. The quantitative estimate of drug-likeness (QED) is 0.492. The fraction of sp³-hybridized carbons (Fsp3) is 0.867. The lowest BCUT2D eigenvalue weighted by atomic mass is 9.86. The molecule has 0 aliphatic heterocycles. The second-order valence-corrected chi connectivity index (χ2v) is 5.34. The van der Waals surface area contributed by atoms with E-state index in [0.717, 1.165) is 32.1 Å². The third kappa shape index (κ3) is 4.79. The number of hydrogen-bond acceptors (Lipinski definition) is 3. The summed E-state index contributed by atoms with van der Waals surface area (Å²) in [5.41, 5.74) is 0. The molecule has 0 radical (unpaired) electrons. The van der Waals surface area contributed by atoms with Crippen molar-refractivity contribution in [2.24, 2.45) is 11.8 Å². The topological polar surface area (TPSA) is 43.4 Å². The SMILES string of the molecule is CCCCC[C@H]1C(=O)CC[C@@H]1CCCC(=O)OC. The molecule has 2 atom stereocenters. The van der Waals surface area contributed by atoms with Crippen LogP contribution < -0.4 is 0 Å². The highest BCUT2D eigenvalue weighted by Gasteiger charge is 2.33. The van der Waals surface area contributed by atoms with Crippen molar-refractivity contribution >= 4 is 11.8 Å². The Kier molecular flexibility index (Phi) is 6.99. The van der Waals surface area contributed by atoms with Gasteiger partial charge in [-0.1, -0.05) is 26.2 Å². The molecule has 0 saturated heterocycles. The normalized spacial score (nSPS) is 23.3. The summed E-state index contributed by atoms with van der Waals surface area (Å²) in [5.74, 6) is 1.10. The van der Waals surface area contributed by atoms with Crippen molar-refractivity contribution in [1.29, 1.82) is 0 Å². The Morgan fingerprint density at radius 2 is 2.06 bits per heavy atom. The van der Waals surface area contributed by atoms with Crippen LogP contribution in [0.2, 0.25) is 0 Å². The molecule has 0 amide bonds. The van der Waals surface area contributed by atoms with Gasteiger partial charge >= 0.3 is 5.97 Å². The zero-order valence-corrected chi connectivity index (χ0v) is 11.7. The lowest BCUT2D eigenvalue weighted by Crippen LogP contribution is -2.15. The zero-order valence-electron chi connectivity index (χ0n) is 11.7. The number of carbonyl (C=O) groups excluding carboxylic acids is 2. The maximum atomic E-state index is 11.8. The van der Waals surface area contributed by atoms with Crippen LogP contribution in [0.5, 0.6) is 0 Å². The van der Waals surface area contributed by atoms with Crippen molar-refractivity contribution in [2.45, 2.75) is 64.7 Å². The van der Waals surface area contributed by atoms with Crippen molar-refractivity contribution < 1.29 is 14.3 Å². The predicted molar refractivity (Wildman–Crippen MR) is 71.2 cm³/mol. The standard InChI is InChI=1S/C15H26O3/c1-3-4-5-8-13-12(10-11-14(13)16)7-6-9-15(17)18-2/h12-13H,3-11H2,1-2H3/t12-,13+/m0/s1. The van der Waals surface area contributed by atoms with E-state index >= 15 is 0 Å². The molecule has 18 heavy (non-hydrogen) atoms. The van der Waals surface area contributed by atoms with Gasteiger partial charge in [0.2, 0.25) is 0 Å². The van der Waals surface area contributed by atoms with Crippen LogP contribution in [0, 0.1) is 11.8 Å². The highest BCUT2D eigenvalue weighted by atomic mass is 16.5. The molecule has 0 bridgehead atoms. The second kappa shape index (κ2) is 8.28. The molecule has 0 aromatic carbocycles. The number of ether oxygens (including phenoxy) is 1. The van der Waals surface area contributed by atoms with Crippen LogP contribution >= 0.6 is 0 Å². The van der Waals surface area contributed by atoms with E-state index < -0.39 is 0 Å². The minimum atomic E-state index is -0.137. The molecule has 104 valence electrons. The third-order valence-corrected chi connectivity index (χ3v) is 4.05. The molecule has 0 aromatic heterocycles. The van der Waals surface area contributed by atoms with Gasteiger partial charge in [0.25, 0.3) is 0 Å². The third-order valence-electron chi connectivity index (χ3n) is 4.05. The Bertz CT molecular complexity index is 273. The number of rotatable bonds is 8. The molecule has 1 saturated carbocycles. The van der Waals surface area contributed by atoms with Crippen molar-refractivity contribution in [2.75, 3.05) is 7.11 Å². The minimum absolute atomic E-state index is 0.137. The van der Waals surface area contributed by atoms with E-state index in [2.05, 4.69) is 11.7 Å². The minimum Gasteiger partial charge on any atom is -0.469 e. The van der Waals surface area contributed by atoms with Gasteiger partial charge in [0.15, 0.2) is 0 Å². The summed E-state index contributed by atoms with van der Waals surface area (Å²) >= 11 is 0. The molecule has 0 unspecified atom stereocenters. The molecule has 1 aliphatic carbocycles. The number of methoxy groups -OCH3 is 1. The van der Waals surface area contributed by atoms with Gasteiger partial charge in [0.1, 0.15) is 5.78 Å². The van der Waals surface area contributed by atoms with E-state index in [-0.39, 0.29) is 11.9 Å². The summed E-state index contributed by atoms with van der Waals surface area (Å²) in [7, 11) is 1.43. The highest BCUT2D eigenvalue weighted by Crippen LogP contribution is 2.36. The first-order chi connectivity index (χ1) is 8.69. The first-order valence-electron chi connectivity index (χ1n) is 7.28. The second-order valence-electron chi connectivity index (χ2n) is 5.34. The Balaban J connectivity index is 2.29. The molecule has 0 spiro atoms. The average Bonchev–Trinajstić information content (AvgIpc) is 2.71. The fourth-order valence-electron chi connectivity index (χ4n) is 2.94. The molecule has 3 heteroatoms. The molecule has 0 aromatic rings. The van der Waals surface area contributed by atoms with E-state index in [1.54, 1.807) is 0 Å². The molecular weight excluding hydrogens is 228 g/mol. The fourth-order valence-corrected chi connectivity index (χ4v) is 2.94. The molecule has 1 fully saturated rings. The largest absolute Gasteiger partial charge is 0.469 e.